The Morgan fingerprint density at radius 1 is 0.926 bits per heavy atom. The van der Waals surface area contributed by atoms with Crippen LogP contribution in [0.3, 0.4) is 0 Å². The molecule has 0 aliphatic heterocycles. The molecule has 0 unspecified atom stereocenters. The summed E-state index contributed by atoms with van der Waals surface area (Å²) in [7, 11) is 1.62. The van der Waals surface area contributed by atoms with Crippen molar-refractivity contribution in [1.82, 2.24) is 19.9 Å². The van der Waals surface area contributed by atoms with Gasteiger partial charge in [0, 0.05) is 11.9 Å². The van der Waals surface area contributed by atoms with Crippen molar-refractivity contribution in [3.63, 3.8) is 0 Å². The molecule has 3 aromatic heterocycles. The molecule has 0 radical (unpaired) electrons. The van der Waals surface area contributed by atoms with Crippen LogP contribution in [-0.4, -0.2) is 27.0 Å². The number of rotatable bonds is 4. The summed E-state index contributed by atoms with van der Waals surface area (Å²) in [4.78, 5) is 17.7. The maximum absolute atomic E-state index is 6.20. The van der Waals surface area contributed by atoms with Gasteiger partial charge in [0.1, 0.15) is 17.8 Å². The van der Waals surface area contributed by atoms with Gasteiger partial charge in [-0.15, -0.1) is 0 Å². The largest absolute Gasteiger partial charge is 0.497 e. The van der Waals surface area contributed by atoms with E-state index in [4.69, 9.17) is 14.5 Å². The van der Waals surface area contributed by atoms with E-state index >= 15 is 0 Å². The minimum Gasteiger partial charge on any atom is -0.497 e. The lowest BCUT2D eigenvalue weighted by Gasteiger charge is -2.13. The summed E-state index contributed by atoms with van der Waals surface area (Å²) in [6.07, 6.45) is 3.22. The number of ether oxygens (including phenoxy) is 2. The van der Waals surface area contributed by atoms with Gasteiger partial charge in [-0.3, -0.25) is 4.98 Å². The summed E-state index contributed by atoms with van der Waals surface area (Å²) in [6, 6.07) is 13.3. The summed E-state index contributed by atoms with van der Waals surface area (Å²) in [5.74, 6) is 1.76. The quantitative estimate of drug-likeness (QED) is 0.535. The third kappa shape index (κ3) is 3.29. The number of pyridine rings is 2. The predicted molar refractivity (Wildman–Crippen MR) is 103 cm³/mol. The second-order valence-electron chi connectivity index (χ2n) is 6.12. The van der Waals surface area contributed by atoms with Crippen LogP contribution in [0.15, 0.2) is 55.0 Å². The molecule has 0 amide bonds. The molecule has 0 spiro atoms. The van der Waals surface area contributed by atoms with E-state index in [1.54, 1.807) is 13.3 Å². The fourth-order valence-electron chi connectivity index (χ4n) is 2.77. The van der Waals surface area contributed by atoms with E-state index in [1.807, 2.05) is 56.3 Å². The standard InChI is InChI=1S/C21H18N4O2/c1-13-10-19(20(25-14(13)2)18-6-4-5-9-22-18)27-21-16-11-15(26-3)7-8-17(16)23-12-24-21/h4-12H,1-3H3. The molecule has 4 aromatic rings. The fraction of sp³-hybridized carbons (Fsp3) is 0.143. The van der Waals surface area contributed by atoms with Gasteiger partial charge in [0.05, 0.1) is 23.7 Å². The molecule has 6 heteroatoms. The van der Waals surface area contributed by atoms with E-state index in [1.165, 1.54) is 6.33 Å². The number of benzene rings is 1. The summed E-state index contributed by atoms with van der Waals surface area (Å²) >= 11 is 0. The van der Waals surface area contributed by atoms with Crippen LogP contribution in [0, 0.1) is 13.8 Å². The molecule has 27 heavy (non-hydrogen) atoms. The van der Waals surface area contributed by atoms with Gasteiger partial charge in [-0.2, -0.15) is 0 Å². The lowest BCUT2D eigenvalue weighted by molar-refractivity contribution is 0.415. The zero-order valence-electron chi connectivity index (χ0n) is 15.3. The average Bonchev–Trinajstić information content (AvgIpc) is 2.71. The van der Waals surface area contributed by atoms with Crippen molar-refractivity contribution in [3.8, 4) is 28.8 Å². The SMILES string of the molecule is COc1ccc2ncnc(Oc3cc(C)c(C)nc3-c3ccccn3)c2c1. The molecule has 4 rings (SSSR count). The number of aryl methyl sites for hydroxylation is 2. The predicted octanol–water partition coefficient (Wildman–Crippen LogP) is 4.50. The van der Waals surface area contributed by atoms with Crippen molar-refractivity contribution < 1.29 is 9.47 Å². The minimum absolute atomic E-state index is 0.445. The van der Waals surface area contributed by atoms with Crippen LogP contribution < -0.4 is 9.47 Å². The first kappa shape index (κ1) is 16.9. The van der Waals surface area contributed by atoms with Crippen LogP contribution in [0.5, 0.6) is 17.4 Å². The summed E-state index contributed by atoms with van der Waals surface area (Å²) in [5, 5.41) is 0.766. The summed E-state index contributed by atoms with van der Waals surface area (Å²) in [5.41, 5.74) is 4.15. The number of aromatic nitrogens is 4. The zero-order chi connectivity index (χ0) is 18.8. The van der Waals surface area contributed by atoms with Crippen LogP contribution in [0.1, 0.15) is 11.3 Å². The van der Waals surface area contributed by atoms with Crippen LogP contribution in [0.4, 0.5) is 0 Å². The normalized spacial score (nSPS) is 10.8. The number of nitrogens with zero attached hydrogens (tertiary/aromatic N) is 4. The lowest BCUT2D eigenvalue weighted by Crippen LogP contribution is -1.99. The highest BCUT2D eigenvalue weighted by atomic mass is 16.5. The van der Waals surface area contributed by atoms with E-state index in [9.17, 15) is 0 Å². The second-order valence-corrected chi connectivity index (χ2v) is 6.12. The molecule has 0 bridgehead atoms. The molecule has 0 atom stereocenters. The van der Waals surface area contributed by atoms with E-state index in [0.717, 1.165) is 27.9 Å². The van der Waals surface area contributed by atoms with Gasteiger partial charge in [0.2, 0.25) is 5.88 Å². The molecule has 134 valence electrons. The van der Waals surface area contributed by atoms with Crippen molar-refractivity contribution in [2.45, 2.75) is 13.8 Å². The molecule has 0 saturated heterocycles. The molecular weight excluding hydrogens is 340 g/mol. The highest BCUT2D eigenvalue weighted by Crippen LogP contribution is 2.35. The minimum atomic E-state index is 0.445. The molecule has 3 heterocycles. The van der Waals surface area contributed by atoms with Gasteiger partial charge < -0.3 is 9.47 Å². The lowest BCUT2D eigenvalue weighted by atomic mass is 10.1. The Kier molecular flexibility index (Phi) is 4.38. The number of hydrogen-bond acceptors (Lipinski definition) is 6. The van der Waals surface area contributed by atoms with Crippen molar-refractivity contribution in [2.75, 3.05) is 7.11 Å². The van der Waals surface area contributed by atoms with E-state index in [2.05, 4.69) is 15.0 Å². The molecule has 6 nitrogen and oxygen atoms in total. The van der Waals surface area contributed by atoms with Crippen LogP contribution >= 0.6 is 0 Å². The molecule has 0 aliphatic rings. The van der Waals surface area contributed by atoms with Crippen LogP contribution in [0.2, 0.25) is 0 Å². The first-order chi connectivity index (χ1) is 13.2. The number of methoxy groups -OCH3 is 1. The third-order valence-electron chi connectivity index (χ3n) is 4.35. The molecule has 0 N–H and O–H groups in total. The smallest absolute Gasteiger partial charge is 0.230 e. The summed E-state index contributed by atoms with van der Waals surface area (Å²) < 4.78 is 11.5. The van der Waals surface area contributed by atoms with Crippen molar-refractivity contribution in [3.05, 3.63) is 66.2 Å². The Morgan fingerprint density at radius 3 is 2.59 bits per heavy atom. The second kappa shape index (κ2) is 6.99. The van der Waals surface area contributed by atoms with Crippen molar-refractivity contribution in [1.29, 1.82) is 0 Å². The van der Waals surface area contributed by atoms with E-state index in [-0.39, 0.29) is 0 Å². The van der Waals surface area contributed by atoms with E-state index in [0.29, 0.717) is 23.1 Å². The van der Waals surface area contributed by atoms with Gasteiger partial charge in [-0.25, -0.2) is 15.0 Å². The van der Waals surface area contributed by atoms with Gasteiger partial charge in [0.25, 0.3) is 0 Å². The summed E-state index contributed by atoms with van der Waals surface area (Å²) in [6.45, 7) is 3.97. The Labute approximate surface area is 156 Å². The Morgan fingerprint density at radius 2 is 1.81 bits per heavy atom. The number of hydrogen-bond donors (Lipinski definition) is 0. The van der Waals surface area contributed by atoms with Crippen LogP contribution in [0.25, 0.3) is 22.3 Å². The van der Waals surface area contributed by atoms with Gasteiger partial charge in [-0.1, -0.05) is 6.07 Å². The molecular formula is C21H18N4O2. The monoisotopic (exact) mass is 358 g/mol. The maximum Gasteiger partial charge on any atom is 0.230 e. The van der Waals surface area contributed by atoms with Crippen molar-refractivity contribution >= 4 is 10.9 Å². The zero-order valence-corrected chi connectivity index (χ0v) is 15.3. The Bertz CT molecular complexity index is 1110. The van der Waals surface area contributed by atoms with E-state index < -0.39 is 0 Å². The fourth-order valence-corrected chi connectivity index (χ4v) is 2.77. The highest BCUT2D eigenvalue weighted by molar-refractivity contribution is 5.85. The first-order valence-electron chi connectivity index (χ1n) is 8.52. The Balaban J connectivity index is 1.86. The molecule has 0 fully saturated rings. The topological polar surface area (TPSA) is 70.0 Å². The molecule has 0 aliphatic carbocycles. The Hall–Kier alpha value is -3.54. The van der Waals surface area contributed by atoms with Crippen molar-refractivity contribution in [2.24, 2.45) is 0 Å². The number of fused-ring (bicyclic) bond motifs is 1. The van der Waals surface area contributed by atoms with Gasteiger partial charge in [0.15, 0.2) is 5.75 Å². The highest BCUT2D eigenvalue weighted by Gasteiger charge is 2.15. The van der Waals surface area contributed by atoms with Crippen LogP contribution in [-0.2, 0) is 0 Å². The van der Waals surface area contributed by atoms with Gasteiger partial charge in [-0.05, 0) is 55.8 Å². The first-order valence-corrected chi connectivity index (χ1v) is 8.52. The molecule has 0 saturated carbocycles. The average molecular weight is 358 g/mol. The third-order valence-corrected chi connectivity index (χ3v) is 4.35. The van der Waals surface area contributed by atoms with Gasteiger partial charge >= 0.3 is 0 Å². The molecule has 1 aromatic carbocycles. The maximum atomic E-state index is 6.20.